The molecule has 0 aliphatic heterocycles. The summed E-state index contributed by atoms with van der Waals surface area (Å²) in [4.78, 5) is 25.8. The summed E-state index contributed by atoms with van der Waals surface area (Å²) in [6, 6.07) is 12.9. The predicted octanol–water partition coefficient (Wildman–Crippen LogP) is 3.37. The molecular formula is C23H13NO8. The van der Waals surface area contributed by atoms with Gasteiger partial charge in [-0.25, -0.2) is 4.79 Å². The average molecular weight is 431 g/mol. The molecule has 0 saturated heterocycles. The number of fused-ring (bicyclic) bond motifs is 1. The fourth-order valence-electron chi connectivity index (χ4n) is 3.05. The molecule has 0 atom stereocenters. The Morgan fingerprint density at radius 2 is 1.62 bits per heavy atom. The van der Waals surface area contributed by atoms with Crippen molar-refractivity contribution in [3.8, 4) is 46.1 Å². The fourth-order valence-corrected chi connectivity index (χ4v) is 3.05. The van der Waals surface area contributed by atoms with E-state index >= 15 is 0 Å². The van der Waals surface area contributed by atoms with Crippen LogP contribution in [0.2, 0.25) is 0 Å². The number of phenolic OH excluding ortho intramolecular Hbond substituents is 4. The van der Waals surface area contributed by atoms with Crippen LogP contribution in [0.1, 0.15) is 15.9 Å². The summed E-state index contributed by atoms with van der Waals surface area (Å²) in [6.45, 7) is 0. The van der Waals surface area contributed by atoms with E-state index in [2.05, 4.69) is 0 Å². The lowest BCUT2D eigenvalue weighted by molar-refractivity contribution is 0.0731. The Hall–Kier alpha value is -4.97. The second-order valence-electron chi connectivity index (χ2n) is 6.71. The summed E-state index contributed by atoms with van der Waals surface area (Å²) in [5.41, 5.74) is -0.680. The Morgan fingerprint density at radius 3 is 2.28 bits per heavy atom. The lowest BCUT2D eigenvalue weighted by atomic mass is 10.1. The number of carbonyl (C=O) groups is 1. The predicted molar refractivity (Wildman–Crippen MR) is 111 cm³/mol. The topological polar surface area (TPSA) is 161 Å². The molecule has 0 amide bonds. The molecule has 0 aliphatic rings. The Balaban J connectivity index is 1.93. The van der Waals surface area contributed by atoms with E-state index in [0.29, 0.717) is 5.56 Å². The molecule has 1 aromatic heterocycles. The molecule has 1 heterocycles. The third-order valence-electron chi connectivity index (χ3n) is 4.60. The molecule has 0 saturated carbocycles. The van der Waals surface area contributed by atoms with Crippen LogP contribution in [0.15, 0.2) is 63.8 Å². The van der Waals surface area contributed by atoms with Gasteiger partial charge in [0.25, 0.3) is 0 Å². The van der Waals surface area contributed by atoms with Crippen molar-refractivity contribution in [1.82, 2.24) is 0 Å². The van der Waals surface area contributed by atoms with Crippen LogP contribution in [0.25, 0.3) is 22.3 Å². The minimum atomic E-state index is -0.941. The van der Waals surface area contributed by atoms with Crippen molar-refractivity contribution in [3.63, 3.8) is 0 Å². The highest BCUT2D eigenvalue weighted by Gasteiger charge is 2.24. The number of nitrogens with zero attached hydrogens (tertiary/aromatic N) is 1. The molecule has 0 unspecified atom stereocenters. The highest BCUT2D eigenvalue weighted by Crippen LogP contribution is 2.38. The molecule has 158 valence electrons. The third-order valence-corrected chi connectivity index (χ3v) is 4.60. The molecule has 0 radical (unpaired) electrons. The van der Waals surface area contributed by atoms with Gasteiger partial charge in [-0.15, -0.1) is 0 Å². The maximum absolute atomic E-state index is 13.1. The molecular weight excluding hydrogens is 418 g/mol. The largest absolute Gasteiger partial charge is 0.508 e. The van der Waals surface area contributed by atoms with Crippen molar-refractivity contribution in [1.29, 1.82) is 5.26 Å². The van der Waals surface area contributed by atoms with Gasteiger partial charge in [-0.1, -0.05) is 0 Å². The molecule has 4 N–H and O–H groups in total. The van der Waals surface area contributed by atoms with E-state index in [1.807, 2.05) is 6.07 Å². The zero-order valence-corrected chi connectivity index (χ0v) is 16.1. The van der Waals surface area contributed by atoms with E-state index in [-0.39, 0.29) is 33.6 Å². The summed E-state index contributed by atoms with van der Waals surface area (Å²) in [7, 11) is 0. The quantitative estimate of drug-likeness (QED) is 0.281. The van der Waals surface area contributed by atoms with Crippen LogP contribution in [0, 0.1) is 11.3 Å². The molecule has 32 heavy (non-hydrogen) atoms. The summed E-state index contributed by atoms with van der Waals surface area (Å²) in [5, 5.41) is 47.9. The first-order chi connectivity index (χ1) is 15.3. The summed E-state index contributed by atoms with van der Waals surface area (Å²) >= 11 is 0. The van der Waals surface area contributed by atoms with Crippen molar-refractivity contribution in [3.05, 3.63) is 75.9 Å². The lowest BCUT2D eigenvalue weighted by Crippen LogP contribution is -2.16. The van der Waals surface area contributed by atoms with Crippen LogP contribution in [0.5, 0.6) is 28.7 Å². The van der Waals surface area contributed by atoms with Crippen LogP contribution in [0.4, 0.5) is 0 Å². The van der Waals surface area contributed by atoms with Gasteiger partial charge in [-0.05, 0) is 42.5 Å². The van der Waals surface area contributed by atoms with Gasteiger partial charge in [-0.2, -0.15) is 5.26 Å². The number of benzene rings is 3. The first kappa shape index (κ1) is 20.3. The Morgan fingerprint density at radius 1 is 0.906 bits per heavy atom. The zero-order chi connectivity index (χ0) is 23.0. The Kier molecular flexibility index (Phi) is 4.88. The number of phenols is 4. The van der Waals surface area contributed by atoms with Gasteiger partial charge in [0.15, 0.2) is 17.3 Å². The van der Waals surface area contributed by atoms with Crippen LogP contribution < -0.4 is 10.2 Å². The van der Waals surface area contributed by atoms with Crippen molar-refractivity contribution < 1.29 is 34.4 Å². The monoisotopic (exact) mass is 431 g/mol. The number of rotatable bonds is 3. The van der Waals surface area contributed by atoms with Gasteiger partial charge in [0.05, 0.1) is 17.2 Å². The SMILES string of the molecule is N#Cc1ccc(C(=O)Oc2c(-c3ccc(O)c(O)c3)oc3cc(O)cc(O)c3c2=O)cc1. The molecule has 0 fully saturated rings. The van der Waals surface area contributed by atoms with E-state index in [0.717, 1.165) is 24.3 Å². The zero-order valence-electron chi connectivity index (χ0n) is 16.1. The maximum Gasteiger partial charge on any atom is 0.343 e. The number of carbonyl (C=O) groups excluding carboxylic acids is 1. The summed E-state index contributed by atoms with van der Waals surface area (Å²) < 4.78 is 11.0. The van der Waals surface area contributed by atoms with E-state index in [4.69, 9.17) is 14.4 Å². The Bertz CT molecular complexity index is 1480. The van der Waals surface area contributed by atoms with Crippen LogP contribution in [0.3, 0.4) is 0 Å². The van der Waals surface area contributed by atoms with Gasteiger partial charge in [0.1, 0.15) is 22.5 Å². The van der Waals surface area contributed by atoms with E-state index in [1.165, 1.54) is 30.3 Å². The van der Waals surface area contributed by atoms with Crippen LogP contribution in [-0.4, -0.2) is 26.4 Å². The molecule has 0 bridgehead atoms. The normalized spacial score (nSPS) is 10.6. The number of aromatic hydroxyl groups is 4. The average Bonchev–Trinajstić information content (AvgIpc) is 2.76. The van der Waals surface area contributed by atoms with Gasteiger partial charge < -0.3 is 29.6 Å². The first-order valence-corrected chi connectivity index (χ1v) is 9.06. The summed E-state index contributed by atoms with van der Waals surface area (Å²) in [5.74, 6) is -3.73. The number of hydrogen-bond donors (Lipinski definition) is 4. The van der Waals surface area contributed by atoms with Gasteiger partial charge in [0, 0.05) is 17.7 Å². The lowest BCUT2D eigenvalue weighted by Gasteiger charge is -2.12. The van der Waals surface area contributed by atoms with Crippen molar-refractivity contribution in [2.75, 3.05) is 0 Å². The minimum Gasteiger partial charge on any atom is -0.508 e. The molecule has 3 aromatic carbocycles. The highest BCUT2D eigenvalue weighted by atomic mass is 16.5. The van der Waals surface area contributed by atoms with Gasteiger partial charge >= 0.3 is 5.97 Å². The molecule has 9 heteroatoms. The van der Waals surface area contributed by atoms with Gasteiger partial charge in [0.2, 0.25) is 11.2 Å². The van der Waals surface area contributed by atoms with Crippen molar-refractivity contribution >= 4 is 16.9 Å². The smallest absolute Gasteiger partial charge is 0.343 e. The number of hydrogen-bond acceptors (Lipinski definition) is 9. The van der Waals surface area contributed by atoms with Crippen molar-refractivity contribution in [2.24, 2.45) is 0 Å². The fraction of sp³-hybridized carbons (Fsp3) is 0. The second kappa shape index (κ2) is 7.70. The molecule has 0 spiro atoms. The molecule has 4 rings (SSSR count). The van der Waals surface area contributed by atoms with Gasteiger partial charge in [-0.3, -0.25) is 4.79 Å². The second-order valence-corrected chi connectivity index (χ2v) is 6.71. The highest BCUT2D eigenvalue weighted by molar-refractivity contribution is 5.94. The standard InChI is InChI=1S/C23H13NO8/c24-10-11-1-3-12(4-2-11)23(30)32-22-20(29)19-17(28)8-14(25)9-18(19)31-21(22)13-5-6-15(26)16(27)7-13/h1-9,25-28H. The molecule has 0 aliphatic carbocycles. The minimum absolute atomic E-state index is 0.0397. The van der Waals surface area contributed by atoms with Crippen molar-refractivity contribution in [2.45, 2.75) is 0 Å². The third kappa shape index (κ3) is 3.53. The van der Waals surface area contributed by atoms with E-state index in [9.17, 15) is 30.0 Å². The number of nitriles is 1. The van der Waals surface area contributed by atoms with E-state index < -0.39 is 34.4 Å². The molecule has 9 nitrogen and oxygen atoms in total. The Labute approximate surface area is 179 Å². The maximum atomic E-state index is 13.1. The summed E-state index contributed by atoms with van der Waals surface area (Å²) in [6.07, 6.45) is 0. The first-order valence-electron chi connectivity index (χ1n) is 9.06. The number of esters is 1. The van der Waals surface area contributed by atoms with Crippen LogP contribution in [-0.2, 0) is 0 Å². The molecule has 4 aromatic rings. The number of ether oxygens (including phenoxy) is 1. The van der Waals surface area contributed by atoms with Crippen LogP contribution >= 0.6 is 0 Å². The van der Waals surface area contributed by atoms with E-state index in [1.54, 1.807) is 0 Å².